The van der Waals surface area contributed by atoms with E-state index < -0.39 is 0 Å². The Morgan fingerprint density at radius 3 is 3.12 bits per heavy atom. The average Bonchev–Trinajstić information content (AvgIpc) is 2.78. The highest BCUT2D eigenvalue weighted by Crippen LogP contribution is 2.26. The van der Waals surface area contributed by atoms with Crippen LogP contribution in [-0.4, -0.2) is 23.3 Å². The molecule has 1 fully saturated rings. The van der Waals surface area contributed by atoms with E-state index in [0.29, 0.717) is 24.2 Å². The third-order valence-electron chi connectivity index (χ3n) is 3.20. The maximum Gasteiger partial charge on any atom is 0.243 e. The Labute approximate surface area is 102 Å². The van der Waals surface area contributed by atoms with Crippen LogP contribution in [0.2, 0.25) is 0 Å². The molecule has 0 aromatic carbocycles. The Hall–Kier alpha value is -0.940. The Balaban J connectivity index is 2.02. The first kappa shape index (κ1) is 12.5. The summed E-state index contributed by atoms with van der Waals surface area (Å²) >= 11 is 0. The lowest BCUT2D eigenvalue weighted by atomic mass is 9.94. The fourth-order valence-corrected chi connectivity index (χ4v) is 2.17. The summed E-state index contributed by atoms with van der Waals surface area (Å²) in [6.07, 6.45) is 2.18. The summed E-state index contributed by atoms with van der Waals surface area (Å²) in [5.74, 6) is 2.04. The molecule has 1 aromatic heterocycles. The van der Waals surface area contributed by atoms with Gasteiger partial charge in [0, 0.05) is 6.61 Å². The fraction of sp³-hybridized carbons (Fsp3) is 0.833. The van der Waals surface area contributed by atoms with Gasteiger partial charge in [0.25, 0.3) is 0 Å². The zero-order valence-corrected chi connectivity index (χ0v) is 10.8. The molecule has 1 N–H and O–H groups in total. The van der Waals surface area contributed by atoms with Gasteiger partial charge < -0.3 is 14.6 Å². The third kappa shape index (κ3) is 3.04. The fourth-order valence-electron chi connectivity index (χ4n) is 2.17. The second kappa shape index (κ2) is 5.60. The van der Waals surface area contributed by atoms with Gasteiger partial charge in [0.05, 0.1) is 6.04 Å². The quantitative estimate of drug-likeness (QED) is 0.873. The van der Waals surface area contributed by atoms with Crippen molar-refractivity contribution in [3.05, 3.63) is 11.7 Å². The molecule has 0 aliphatic carbocycles. The van der Waals surface area contributed by atoms with Crippen molar-refractivity contribution in [1.29, 1.82) is 0 Å². The van der Waals surface area contributed by atoms with Crippen molar-refractivity contribution in [3.63, 3.8) is 0 Å². The lowest BCUT2D eigenvalue weighted by Gasteiger charge is -2.25. The van der Waals surface area contributed by atoms with Gasteiger partial charge in [-0.1, -0.05) is 12.1 Å². The van der Waals surface area contributed by atoms with E-state index in [1.807, 2.05) is 13.8 Å². The summed E-state index contributed by atoms with van der Waals surface area (Å²) in [5, 5.41) is 7.40. The first-order valence-corrected chi connectivity index (χ1v) is 6.39. The van der Waals surface area contributed by atoms with Crippen LogP contribution in [-0.2, 0) is 4.74 Å². The molecule has 1 aliphatic heterocycles. The number of ether oxygens (including phenoxy) is 1. The first-order chi connectivity index (χ1) is 8.20. The zero-order valence-electron chi connectivity index (χ0n) is 10.8. The molecule has 1 saturated heterocycles. The van der Waals surface area contributed by atoms with Crippen molar-refractivity contribution < 1.29 is 9.26 Å². The second-order valence-corrected chi connectivity index (χ2v) is 4.72. The van der Waals surface area contributed by atoms with Gasteiger partial charge in [-0.05, 0) is 39.2 Å². The minimum absolute atomic E-state index is 0.0986. The number of aromatic nitrogens is 2. The van der Waals surface area contributed by atoms with Crippen molar-refractivity contribution >= 4 is 0 Å². The minimum Gasteiger partial charge on any atom is -0.371 e. The molecule has 1 aliphatic rings. The largest absolute Gasteiger partial charge is 0.371 e. The molecule has 3 unspecified atom stereocenters. The SMILES string of the molecule is CCOC(C)c1noc(C2CC(C)CCN2)n1. The van der Waals surface area contributed by atoms with E-state index in [2.05, 4.69) is 22.4 Å². The average molecular weight is 239 g/mol. The smallest absolute Gasteiger partial charge is 0.243 e. The molecule has 5 heteroatoms. The van der Waals surface area contributed by atoms with Crippen LogP contribution in [0, 0.1) is 5.92 Å². The van der Waals surface area contributed by atoms with E-state index >= 15 is 0 Å². The lowest BCUT2D eigenvalue weighted by molar-refractivity contribution is 0.0683. The van der Waals surface area contributed by atoms with Gasteiger partial charge in [-0.2, -0.15) is 4.98 Å². The molecular weight excluding hydrogens is 218 g/mol. The van der Waals surface area contributed by atoms with Crippen molar-refractivity contribution in [1.82, 2.24) is 15.5 Å². The summed E-state index contributed by atoms with van der Waals surface area (Å²) < 4.78 is 10.8. The van der Waals surface area contributed by atoms with Crippen molar-refractivity contribution in [2.75, 3.05) is 13.2 Å². The van der Waals surface area contributed by atoms with Crippen LogP contribution in [0.5, 0.6) is 0 Å². The van der Waals surface area contributed by atoms with E-state index in [1.165, 1.54) is 6.42 Å². The summed E-state index contributed by atoms with van der Waals surface area (Å²) in [6, 6.07) is 0.203. The monoisotopic (exact) mass is 239 g/mol. The highest BCUT2D eigenvalue weighted by atomic mass is 16.5. The van der Waals surface area contributed by atoms with Crippen LogP contribution in [0.15, 0.2) is 4.52 Å². The van der Waals surface area contributed by atoms with Gasteiger partial charge in [-0.15, -0.1) is 0 Å². The molecule has 3 atom stereocenters. The molecular formula is C12H21N3O2. The molecule has 5 nitrogen and oxygen atoms in total. The molecule has 0 amide bonds. The summed E-state index contributed by atoms with van der Waals surface area (Å²) in [6.45, 7) is 7.83. The Bertz CT molecular complexity index is 353. The van der Waals surface area contributed by atoms with Crippen LogP contribution in [0.25, 0.3) is 0 Å². The maximum atomic E-state index is 5.44. The highest BCUT2D eigenvalue weighted by molar-refractivity contribution is 4.97. The molecule has 96 valence electrons. The number of nitrogens with zero attached hydrogens (tertiary/aromatic N) is 2. The van der Waals surface area contributed by atoms with Gasteiger partial charge in [0.1, 0.15) is 6.10 Å². The summed E-state index contributed by atoms with van der Waals surface area (Å²) in [5.41, 5.74) is 0. The molecule has 0 saturated carbocycles. The molecule has 17 heavy (non-hydrogen) atoms. The van der Waals surface area contributed by atoms with E-state index in [0.717, 1.165) is 13.0 Å². The standard InChI is InChI=1S/C12H21N3O2/c1-4-16-9(3)11-14-12(17-15-11)10-7-8(2)5-6-13-10/h8-10,13H,4-7H2,1-3H3. The molecule has 0 spiro atoms. The van der Waals surface area contributed by atoms with Crippen LogP contribution in [0.4, 0.5) is 0 Å². The second-order valence-electron chi connectivity index (χ2n) is 4.72. The van der Waals surface area contributed by atoms with Crippen molar-refractivity contribution in [2.45, 2.75) is 45.8 Å². The number of rotatable bonds is 4. The molecule has 1 aromatic rings. The van der Waals surface area contributed by atoms with Gasteiger partial charge in [0.2, 0.25) is 5.89 Å². The van der Waals surface area contributed by atoms with Gasteiger partial charge >= 0.3 is 0 Å². The van der Waals surface area contributed by atoms with E-state index in [1.54, 1.807) is 0 Å². The lowest BCUT2D eigenvalue weighted by Crippen LogP contribution is -2.31. The first-order valence-electron chi connectivity index (χ1n) is 6.39. The van der Waals surface area contributed by atoms with Crippen LogP contribution < -0.4 is 5.32 Å². The molecule has 2 heterocycles. The van der Waals surface area contributed by atoms with Crippen molar-refractivity contribution in [3.8, 4) is 0 Å². The van der Waals surface area contributed by atoms with Crippen LogP contribution >= 0.6 is 0 Å². The summed E-state index contributed by atoms with van der Waals surface area (Å²) in [4.78, 5) is 4.42. The maximum absolute atomic E-state index is 5.44. The highest BCUT2D eigenvalue weighted by Gasteiger charge is 2.25. The third-order valence-corrected chi connectivity index (χ3v) is 3.20. The Morgan fingerprint density at radius 1 is 1.59 bits per heavy atom. The van der Waals surface area contributed by atoms with Crippen molar-refractivity contribution in [2.24, 2.45) is 5.92 Å². The van der Waals surface area contributed by atoms with Gasteiger partial charge in [0.15, 0.2) is 5.82 Å². The topological polar surface area (TPSA) is 60.2 Å². The van der Waals surface area contributed by atoms with Crippen LogP contribution in [0.3, 0.4) is 0 Å². The predicted octanol–water partition coefficient (Wildman–Crippen LogP) is 2.23. The Morgan fingerprint density at radius 2 is 2.41 bits per heavy atom. The zero-order chi connectivity index (χ0) is 12.3. The minimum atomic E-state index is -0.0986. The van der Waals surface area contributed by atoms with E-state index in [4.69, 9.17) is 9.26 Å². The molecule has 0 bridgehead atoms. The molecule has 0 radical (unpaired) electrons. The number of piperidine rings is 1. The number of hydrogen-bond donors (Lipinski definition) is 1. The van der Waals surface area contributed by atoms with E-state index in [-0.39, 0.29) is 12.1 Å². The number of hydrogen-bond acceptors (Lipinski definition) is 5. The normalized spacial score (nSPS) is 27.0. The summed E-state index contributed by atoms with van der Waals surface area (Å²) in [7, 11) is 0. The molecule has 2 rings (SSSR count). The Kier molecular flexibility index (Phi) is 4.12. The van der Waals surface area contributed by atoms with Gasteiger partial charge in [-0.3, -0.25) is 0 Å². The number of nitrogens with one attached hydrogen (secondary N) is 1. The van der Waals surface area contributed by atoms with Gasteiger partial charge in [-0.25, -0.2) is 0 Å². The van der Waals surface area contributed by atoms with Crippen LogP contribution in [0.1, 0.15) is 57.5 Å². The van der Waals surface area contributed by atoms with E-state index in [9.17, 15) is 0 Å². The predicted molar refractivity (Wildman–Crippen MR) is 63.5 cm³/mol.